The Morgan fingerprint density at radius 2 is 1.37 bits per heavy atom. The van der Waals surface area contributed by atoms with E-state index >= 15 is 0 Å². The molecule has 0 aliphatic heterocycles. The normalized spacial score (nSPS) is 11.8. The third-order valence-corrected chi connectivity index (χ3v) is 7.67. The summed E-state index contributed by atoms with van der Waals surface area (Å²) in [6.45, 7) is 5.53. The highest BCUT2D eigenvalue weighted by Crippen LogP contribution is 2.34. The van der Waals surface area contributed by atoms with Crippen LogP contribution in [0.5, 0.6) is 0 Å². The smallest absolute Gasteiger partial charge is 0.361 e. The number of rotatable bonds is 7. The van der Waals surface area contributed by atoms with Crippen LogP contribution in [0, 0.1) is 0 Å². The molecule has 0 aliphatic carbocycles. The van der Waals surface area contributed by atoms with E-state index in [2.05, 4.69) is 4.79 Å². The molecule has 2 aromatic rings. The fourth-order valence-corrected chi connectivity index (χ4v) is 6.15. The fraction of sp³-hybridized carbons (Fsp3) is 0.316. The molecule has 0 amide bonds. The Labute approximate surface area is 160 Å². The average Bonchev–Trinajstić information content (AvgIpc) is 2.66. The van der Waals surface area contributed by atoms with Crippen molar-refractivity contribution in [1.29, 1.82) is 0 Å². The molecular weight excluding hydrogens is 384 g/mol. The molecule has 0 fully saturated rings. The van der Waals surface area contributed by atoms with E-state index in [9.17, 15) is 16.8 Å². The van der Waals surface area contributed by atoms with Crippen LogP contribution in [0.3, 0.4) is 0 Å². The minimum atomic E-state index is -4.08. The molecule has 0 heterocycles. The Morgan fingerprint density at radius 1 is 0.852 bits per heavy atom. The van der Waals surface area contributed by atoms with Crippen LogP contribution in [0.15, 0.2) is 51.1 Å². The SMILES string of the molecule is CCc1c(S(=O)(=O)C=[N+]=[N-])cc(S(=O)(=O)c2ccccc2)c(CC)c1CC. The van der Waals surface area contributed by atoms with Crippen molar-refractivity contribution < 1.29 is 21.6 Å². The standard InChI is InChI=1S/C19H22N2O4S2/c1-4-15-16(5-2)18(26(22,23)13-21-20)12-19(17(15)6-3)27(24,25)14-10-8-7-9-11-14/h7-13H,4-6H2,1-3H3. The molecule has 0 saturated carbocycles. The summed E-state index contributed by atoms with van der Waals surface area (Å²) in [5.74, 6) is 0. The summed E-state index contributed by atoms with van der Waals surface area (Å²) in [5.41, 5.74) is 11.1. The molecule has 8 heteroatoms. The third-order valence-electron chi connectivity index (χ3n) is 4.48. The van der Waals surface area contributed by atoms with E-state index in [1.165, 1.54) is 18.2 Å². The van der Waals surface area contributed by atoms with Gasteiger partial charge in [0.1, 0.15) is 0 Å². The number of nitrogens with zero attached hydrogens (tertiary/aromatic N) is 2. The topological polar surface area (TPSA) is 105 Å². The molecule has 0 spiro atoms. The second-order valence-electron chi connectivity index (χ2n) is 5.95. The molecule has 0 aromatic heterocycles. The van der Waals surface area contributed by atoms with Crippen LogP contribution in [-0.2, 0) is 38.9 Å². The third kappa shape index (κ3) is 3.88. The molecule has 0 saturated heterocycles. The van der Waals surface area contributed by atoms with E-state index in [0.717, 1.165) is 0 Å². The monoisotopic (exact) mass is 406 g/mol. The van der Waals surface area contributed by atoms with Gasteiger partial charge in [-0.05, 0) is 54.2 Å². The maximum atomic E-state index is 13.2. The first-order valence-corrected chi connectivity index (χ1v) is 11.7. The predicted octanol–water partition coefficient (Wildman–Crippen LogP) is 3.24. The Balaban J connectivity index is 3.00. The lowest BCUT2D eigenvalue weighted by atomic mass is 9.95. The van der Waals surface area contributed by atoms with Crippen molar-refractivity contribution in [2.45, 2.75) is 54.7 Å². The van der Waals surface area contributed by atoms with Gasteiger partial charge in [0.25, 0.3) is 9.84 Å². The molecule has 0 unspecified atom stereocenters. The summed E-state index contributed by atoms with van der Waals surface area (Å²) in [6.07, 6.45) is 1.35. The number of benzene rings is 2. The highest BCUT2D eigenvalue weighted by Gasteiger charge is 2.30. The largest absolute Gasteiger partial charge is 0.374 e. The molecular formula is C19H22N2O4S2. The highest BCUT2D eigenvalue weighted by atomic mass is 32.2. The second kappa shape index (κ2) is 8.17. The van der Waals surface area contributed by atoms with E-state index in [0.29, 0.717) is 41.5 Å². The minimum absolute atomic E-state index is 0.0184. The first-order valence-electron chi connectivity index (χ1n) is 8.64. The van der Waals surface area contributed by atoms with Crippen molar-refractivity contribution in [3.63, 3.8) is 0 Å². The van der Waals surface area contributed by atoms with Gasteiger partial charge >= 0.3 is 5.55 Å². The van der Waals surface area contributed by atoms with E-state index in [1.54, 1.807) is 18.2 Å². The molecule has 144 valence electrons. The van der Waals surface area contributed by atoms with Gasteiger partial charge in [-0.3, -0.25) is 0 Å². The molecule has 0 radical (unpaired) electrons. The van der Waals surface area contributed by atoms with Gasteiger partial charge in [0.15, 0.2) is 0 Å². The van der Waals surface area contributed by atoms with Gasteiger partial charge in [0.05, 0.1) is 14.7 Å². The summed E-state index contributed by atoms with van der Waals surface area (Å²) in [4.78, 5) is 2.60. The summed E-state index contributed by atoms with van der Waals surface area (Å²) < 4.78 is 51.7. The lowest BCUT2D eigenvalue weighted by molar-refractivity contribution is 0.00753. The highest BCUT2D eigenvalue weighted by molar-refractivity contribution is 8.04. The maximum Gasteiger partial charge on any atom is 0.374 e. The Morgan fingerprint density at radius 3 is 1.85 bits per heavy atom. The van der Waals surface area contributed by atoms with Crippen LogP contribution in [0.25, 0.3) is 5.53 Å². The van der Waals surface area contributed by atoms with Crippen molar-refractivity contribution in [2.24, 2.45) is 0 Å². The Bertz CT molecular complexity index is 1100. The zero-order valence-corrected chi connectivity index (χ0v) is 17.1. The van der Waals surface area contributed by atoms with Crippen LogP contribution in [0.4, 0.5) is 0 Å². The van der Waals surface area contributed by atoms with Crippen LogP contribution >= 0.6 is 0 Å². The Kier molecular flexibility index (Phi) is 6.36. The van der Waals surface area contributed by atoms with Gasteiger partial charge in [-0.1, -0.05) is 39.0 Å². The number of hydrogen-bond acceptors (Lipinski definition) is 4. The van der Waals surface area contributed by atoms with E-state index in [-0.39, 0.29) is 14.7 Å². The zero-order valence-electron chi connectivity index (χ0n) is 15.5. The van der Waals surface area contributed by atoms with Gasteiger partial charge in [-0.25, -0.2) is 16.8 Å². The van der Waals surface area contributed by atoms with Gasteiger partial charge in [0.2, 0.25) is 9.84 Å². The lowest BCUT2D eigenvalue weighted by Gasteiger charge is -2.19. The van der Waals surface area contributed by atoms with Gasteiger partial charge in [-0.15, -0.1) is 0 Å². The quantitative estimate of drug-likeness (QED) is 0.305. The van der Waals surface area contributed by atoms with Crippen LogP contribution in [0.1, 0.15) is 37.5 Å². The van der Waals surface area contributed by atoms with Crippen molar-refractivity contribution >= 4 is 25.2 Å². The van der Waals surface area contributed by atoms with E-state index < -0.39 is 19.7 Å². The van der Waals surface area contributed by atoms with Crippen LogP contribution < -0.4 is 0 Å². The van der Waals surface area contributed by atoms with Crippen molar-refractivity contribution in [3.05, 3.63) is 58.6 Å². The van der Waals surface area contributed by atoms with Crippen molar-refractivity contribution in [2.75, 3.05) is 0 Å². The molecule has 0 atom stereocenters. The summed E-state index contributed by atoms with van der Waals surface area (Å²) >= 11 is 0. The van der Waals surface area contributed by atoms with Gasteiger partial charge in [0, 0.05) is 0 Å². The van der Waals surface area contributed by atoms with Crippen LogP contribution in [-0.4, -0.2) is 27.2 Å². The van der Waals surface area contributed by atoms with Crippen LogP contribution in [0.2, 0.25) is 0 Å². The average molecular weight is 407 g/mol. The van der Waals surface area contributed by atoms with Gasteiger partial charge < -0.3 is 5.53 Å². The van der Waals surface area contributed by atoms with E-state index in [1.807, 2.05) is 20.8 Å². The van der Waals surface area contributed by atoms with Gasteiger partial charge in [-0.2, -0.15) is 4.79 Å². The molecule has 27 heavy (non-hydrogen) atoms. The molecule has 0 N–H and O–H groups in total. The second-order valence-corrected chi connectivity index (χ2v) is 9.61. The molecule has 2 rings (SSSR count). The summed E-state index contributed by atoms with van der Waals surface area (Å²) in [6, 6.07) is 9.13. The van der Waals surface area contributed by atoms with Crippen molar-refractivity contribution in [1.82, 2.24) is 0 Å². The number of sulfone groups is 2. The zero-order chi connectivity index (χ0) is 20.2. The fourth-order valence-electron chi connectivity index (χ4n) is 3.31. The first-order chi connectivity index (χ1) is 12.7. The molecule has 0 bridgehead atoms. The Hall–Kier alpha value is -2.28. The number of hydrogen-bond donors (Lipinski definition) is 0. The van der Waals surface area contributed by atoms with E-state index in [4.69, 9.17) is 5.53 Å². The summed E-state index contributed by atoms with van der Waals surface area (Å²) in [5, 5.41) is 0. The molecule has 0 aliphatic rings. The first kappa shape index (κ1) is 21.0. The maximum absolute atomic E-state index is 13.2. The summed E-state index contributed by atoms with van der Waals surface area (Å²) in [7, 11) is -7.99. The van der Waals surface area contributed by atoms with Crippen molar-refractivity contribution in [3.8, 4) is 0 Å². The lowest BCUT2D eigenvalue weighted by Crippen LogP contribution is -2.15. The minimum Gasteiger partial charge on any atom is -0.361 e. The molecule has 6 nitrogen and oxygen atoms in total. The molecule has 2 aromatic carbocycles. The predicted molar refractivity (Wildman–Crippen MR) is 103 cm³/mol.